The lowest BCUT2D eigenvalue weighted by Gasteiger charge is -2.26. The molecule has 5 heteroatoms. The van der Waals surface area contributed by atoms with E-state index in [0.29, 0.717) is 0 Å². The molecular weight excluding hydrogens is 189 g/mol. The van der Waals surface area contributed by atoms with Crippen LogP contribution in [-0.2, 0) is 4.74 Å². The maximum Gasteiger partial charge on any atom is 0.407 e. The van der Waals surface area contributed by atoms with Crippen molar-refractivity contribution in [1.82, 2.24) is 5.32 Å². The fraction of sp³-hybridized carbons (Fsp3) is 0.875. The Bertz CT molecular complexity index is 186. The number of hydrogen-bond acceptors (Lipinski definition) is 3. The summed E-state index contributed by atoms with van der Waals surface area (Å²) >= 11 is 0. The Labute approximate surface area is 79.1 Å². The van der Waals surface area contributed by atoms with E-state index in [1.165, 1.54) is 0 Å². The molecule has 0 unspecified atom stereocenters. The monoisotopic (exact) mass is 206 g/mol. The predicted molar refractivity (Wildman–Crippen MR) is 53.4 cm³/mol. The highest BCUT2D eigenvalue weighted by atomic mass is 31.2. The number of alkyl carbamates (subject to hydrolysis) is 1. The summed E-state index contributed by atoms with van der Waals surface area (Å²) in [6.07, 6.45) is 2.86. The van der Waals surface area contributed by atoms with Gasteiger partial charge < -0.3 is 10.1 Å². The van der Waals surface area contributed by atoms with Gasteiger partial charge >= 0.3 is 6.09 Å². The van der Waals surface area contributed by atoms with E-state index >= 15 is 0 Å². The zero-order valence-electron chi connectivity index (χ0n) is 8.12. The third kappa shape index (κ3) is 3.49. The summed E-state index contributed by atoms with van der Waals surface area (Å²) in [5.74, 6) is 0. The zero-order valence-corrected chi connectivity index (χ0v) is 9.01. The average Bonchev–Trinajstić information content (AvgIpc) is 2.08. The first-order chi connectivity index (χ1) is 6.03. The summed E-state index contributed by atoms with van der Waals surface area (Å²) in [7, 11) is -0.0876. The van der Waals surface area contributed by atoms with Crippen molar-refractivity contribution in [1.29, 1.82) is 0 Å². The van der Waals surface area contributed by atoms with E-state index in [1.807, 2.05) is 6.66 Å². The molecule has 1 amide bonds. The maximum atomic E-state index is 10.9. The van der Waals surface area contributed by atoms with Crippen LogP contribution in [-0.4, -0.2) is 43.1 Å². The highest BCUT2D eigenvalue weighted by molar-refractivity contribution is 7.69. The summed E-state index contributed by atoms with van der Waals surface area (Å²) in [4.78, 5) is 20.6. The molecule has 1 aliphatic heterocycles. The SMILES string of the molecule is CNC(=O)OC1CC[P+](C)(O)CC1. The van der Waals surface area contributed by atoms with Gasteiger partial charge in [-0.3, -0.25) is 4.89 Å². The molecule has 0 atom stereocenters. The molecule has 0 saturated carbocycles. The third-order valence-electron chi connectivity index (χ3n) is 2.34. The first kappa shape index (κ1) is 10.7. The van der Waals surface area contributed by atoms with Crippen molar-refractivity contribution >= 4 is 13.6 Å². The number of carbonyl (C=O) groups is 1. The van der Waals surface area contributed by atoms with Crippen LogP contribution in [0.2, 0.25) is 0 Å². The molecule has 1 rings (SSSR count). The molecule has 13 heavy (non-hydrogen) atoms. The van der Waals surface area contributed by atoms with Crippen molar-refractivity contribution in [3.05, 3.63) is 0 Å². The van der Waals surface area contributed by atoms with Crippen LogP contribution in [0.1, 0.15) is 12.8 Å². The van der Waals surface area contributed by atoms with Crippen molar-refractivity contribution in [3.8, 4) is 0 Å². The Morgan fingerprint density at radius 3 is 2.54 bits per heavy atom. The quantitative estimate of drug-likeness (QED) is 0.631. The van der Waals surface area contributed by atoms with Crippen LogP contribution < -0.4 is 5.32 Å². The average molecular weight is 206 g/mol. The largest absolute Gasteiger partial charge is 0.446 e. The lowest BCUT2D eigenvalue weighted by atomic mass is 10.2. The lowest BCUT2D eigenvalue weighted by Crippen LogP contribution is -2.30. The number of ether oxygens (including phenoxy) is 1. The topological polar surface area (TPSA) is 58.6 Å². The smallest absolute Gasteiger partial charge is 0.407 e. The Morgan fingerprint density at radius 1 is 1.54 bits per heavy atom. The van der Waals surface area contributed by atoms with Crippen molar-refractivity contribution in [2.45, 2.75) is 18.9 Å². The van der Waals surface area contributed by atoms with E-state index in [9.17, 15) is 9.69 Å². The van der Waals surface area contributed by atoms with Gasteiger partial charge in [-0.25, -0.2) is 4.79 Å². The second-order valence-electron chi connectivity index (χ2n) is 3.64. The molecule has 0 aromatic rings. The molecule has 76 valence electrons. The fourth-order valence-corrected chi connectivity index (χ4v) is 3.34. The number of hydrogen-bond donors (Lipinski definition) is 2. The highest BCUT2D eigenvalue weighted by Gasteiger charge is 2.36. The molecule has 1 aliphatic rings. The minimum Gasteiger partial charge on any atom is -0.446 e. The Kier molecular flexibility index (Phi) is 3.51. The molecule has 0 aromatic carbocycles. The van der Waals surface area contributed by atoms with Crippen molar-refractivity contribution in [2.75, 3.05) is 26.0 Å². The third-order valence-corrected chi connectivity index (χ3v) is 4.79. The van der Waals surface area contributed by atoms with Crippen LogP contribution in [0, 0.1) is 0 Å². The summed E-state index contributed by atoms with van der Waals surface area (Å²) < 4.78 is 5.09. The van der Waals surface area contributed by atoms with E-state index < -0.39 is 7.49 Å². The van der Waals surface area contributed by atoms with Gasteiger partial charge in [-0.15, -0.1) is 0 Å². The first-order valence-corrected chi connectivity index (χ1v) is 7.05. The minimum atomic E-state index is -1.64. The molecule has 0 aliphatic carbocycles. The van der Waals surface area contributed by atoms with Crippen LogP contribution in [0.5, 0.6) is 0 Å². The fourth-order valence-electron chi connectivity index (χ4n) is 1.43. The lowest BCUT2D eigenvalue weighted by molar-refractivity contribution is 0.0928. The van der Waals surface area contributed by atoms with Crippen molar-refractivity contribution in [2.24, 2.45) is 0 Å². The second kappa shape index (κ2) is 4.25. The van der Waals surface area contributed by atoms with E-state index in [2.05, 4.69) is 5.32 Å². The number of rotatable bonds is 1. The molecular formula is C8H17NO3P+. The summed E-state index contributed by atoms with van der Waals surface area (Å²) in [6, 6.07) is 0. The molecule has 0 aromatic heterocycles. The zero-order chi connectivity index (χ0) is 9.90. The highest BCUT2D eigenvalue weighted by Crippen LogP contribution is 2.54. The van der Waals surface area contributed by atoms with Gasteiger partial charge in [-0.05, 0) is 0 Å². The predicted octanol–water partition coefficient (Wildman–Crippen LogP) is 1.06. The molecule has 0 radical (unpaired) electrons. The standard InChI is InChI=1S/C8H16NO3P/c1-9-8(10)12-7-3-5-13(2,11)6-4-7/h7,11H,3-6H2,1-2H3/p+1. The maximum absolute atomic E-state index is 10.9. The number of nitrogens with one attached hydrogen (secondary N) is 1. The normalized spacial score (nSPS) is 33.9. The summed E-state index contributed by atoms with van der Waals surface area (Å²) in [5.41, 5.74) is 0. The Morgan fingerprint density at radius 2 is 2.08 bits per heavy atom. The van der Waals surface area contributed by atoms with Crippen LogP contribution in [0.4, 0.5) is 4.79 Å². The molecule has 1 heterocycles. The molecule has 2 N–H and O–H groups in total. The molecule has 4 nitrogen and oxygen atoms in total. The first-order valence-electron chi connectivity index (χ1n) is 4.49. The molecule has 0 spiro atoms. The molecule has 0 bridgehead atoms. The van der Waals surface area contributed by atoms with Crippen molar-refractivity contribution in [3.63, 3.8) is 0 Å². The van der Waals surface area contributed by atoms with Gasteiger partial charge in [-0.1, -0.05) is 0 Å². The van der Waals surface area contributed by atoms with Gasteiger partial charge in [0.05, 0.1) is 19.0 Å². The number of amides is 1. The van der Waals surface area contributed by atoms with Gasteiger partial charge in [0.1, 0.15) is 13.6 Å². The van der Waals surface area contributed by atoms with Gasteiger partial charge in [0, 0.05) is 19.9 Å². The van der Waals surface area contributed by atoms with Crippen LogP contribution >= 0.6 is 7.49 Å². The summed E-state index contributed by atoms with van der Waals surface area (Å²) in [5, 5.41) is 2.42. The Balaban J connectivity index is 2.29. The van der Waals surface area contributed by atoms with Gasteiger partial charge in [-0.2, -0.15) is 0 Å². The van der Waals surface area contributed by atoms with Gasteiger partial charge in [0.25, 0.3) is 0 Å². The van der Waals surface area contributed by atoms with E-state index in [-0.39, 0.29) is 12.2 Å². The van der Waals surface area contributed by atoms with Crippen LogP contribution in [0.25, 0.3) is 0 Å². The number of carbonyl (C=O) groups excluding carboxylic acids is 1. The minimum absolute atomic E-state index is 0.000162. The van der Waals surface area contributed by atoms with E-state index in [0.717, 1.165) is 25.2 Å². The Hall–Kier alpha value is -0.340. The van der Waals surface area contributed by atoms with Crippen LogP contribution in [0.15, 0.2) is 0 Å². The molecule has 1 fully saturated rings. The van der Waals surface area contributed by atoms with Crippen LogP contribution in [0.3, 0.4) is 0 Å². The molecule has 1 saturated heterocycles. The second-order valence-corrected chi connectivity index (χ2v) is 7.21. The van der Waals surface area contributed by atoms with Gasteiger partial charge in [0.15, 0.2) is 0 Å². The summed E-state index contributed by atoms with van der Waals surface area (Å²) in [6.45, 7) is 1.93. The van der Waals surface area contributed by atoms with Crippen molar-refractivity contribution < 1.29 is 14.4 Å². The van der Waals surface area contributed by atoms with E-state index in [4.69, 9.17) is 4.74 Å². The van der Waals surface area contributed by atoms with Gasteiger partial charge in [0.2, 0.25) is 0 Å². The van der Waals surface area contributed by atoms with E-state index in [1.54, 1.807) is 7.05 Å².